The first-order chi connectivity index (χ1) is 14.3. The van der Waals surface area contributed by atoms with E-state index in [2.05, 4.69) is 10.6 Å². The molecule has 0 atom stereocenters. The molecule has 0 aromatic heterocycles. The van der Waals surface area contributed by atoms with Gasteiger partial charge >= 0.3 is 6.03 Å². The molecule has 2 aromatic carbocycles. The first-order valence-electron chi connectivity index (χ1n) is 8.82. The van der Waals surface area contributed by atoms with Crippen LogP contribution >= 0.6 is 0 Å². The normalized spacial score (nSPS) is 14.6. The van der Waals surface area contributed by atoms with Crippen molar-refractivity contribution >= 4 is 35.3 Å². The smallest absolute Gasteiger partial charge is 0.329 e. The Morgan fingerprint density at radius 1 is 1.27 bits per heavy atom. The maximum atomic E-state index is 12.6. The van der Waals surface area contributed by atoms with E-state index >= 15 is 0 Å². The quantitative estimate of drug-likeness (QED) is 0.325. The average molecular weight is 410 g/mol. The number of carbonyl (C=O) groups excluding carboxylic acids is 3. The van der Waals surface area contributed by atoms with Gasteiger partial charge in [0, 0.05) is 23.4 Å². The molecule has 2 aromatic rings. The highest BCUT2D eigenvalue weighted by molar-refractivity contribution is 6.16. The molecule has 1 aliphatic rings. The highest BCUT2D eigenvalue weighted by Crippen LogP contribution is 2.27. The fourth-order valence-corrected chi connectivity index (χ4v) is 2.89. The Labute approximate surface area is 171 Å². The Balaban J connectivity index is 1.78. The molecule has 1 saturated heterocycles. The molecule has 3 rings (SSSR count). The number of hydrogen-bond donors (Lipinski definition) is 2. The van der Waals surface area contributed by atoms with Crippen LogP contribution < -0.4 is 15.4 Å². The molecule has 0 radical (unpaired) electrons. The van der Waals surface area contributed by atoms with Gasteiger partial charge in [-0.3, -0.25) is 19.7 Å². The number of benzene rings is 2. The van der Waals surface area contributed by atoms with E-state index in [1.54, 1.807) is 18.2 Å². The number of nitro benzene ring substituents is 1. The summed E-state index contributed by atoms with van der Waals surface area (Å²) in [7, 11) is 1.38. The van der Waals surface area contributed by atoms with E-state index < -0.39 is 29.3 Å². The summed E-state index contributed by atoms with van der Waals surface area (Å²) in [5.41, 5.74) is 1.40. The molecule has 1 heterocycles. The number of amides is 4. The highest BCUT2D eigenvalue weighted by Gasteiger charge is 2.35. The standard InChI is InChI=1S/C20H18N4O6/c1-12-4-3-5-14(8-12)21-18(25)11-23-19(26)16(22-20(23)27)10-13-9-15(24(28)29)6-7-17(13)30-2/h3-10H,11H2,1-2H3,(H,21,25)(H,22,27)/b16-10+. The van der Waals surface area contributed by atoms with Crippen LogP contribution in [0.3, 0.4) is 0 Å². The van der Waals surface area contributed by atoms with Crippen LogP contribution in [0.5, 0.6) is 5.75 Å². The second kappa shape index (κ2) is 8.43. The van der Waals surface area contributed by atoms with Gasteiger partial charge in [0.15, 0.2) is 0 Å². The van der Waals surface area contributed by atoms with Gasteiger partial charge in [-0.25, -0.2) is 9.69 Å². The van der Waals surface area contributed by atoms with Gasteiger partial charge in [-0.1, -0.05) is 12.1 Å². The molecule has 0 saturated carbocycles. The Bertz CT molecular complexity index is 1080. The van der Waals surface area contributed by atoms with Crippen LogP contribution in [0.4, 0.5) is 16.2 Å². The predicted molar refractivity (Wildman–Crippen MR) is 108 cm³/mol. The summed E-state index contributed by atoms with van der Waals surface area (Å²) in [6, 6.07) is 10.2. The molecule has 0 spiro atoms. The first kappa shape index (κ1) is 20.5. The molecule has 10 heteroatoms. The summed E-state index contributed by atoms with van der Waals surface area (Å²) in [4.78, 5) is 48.2. The van der Waals surface area contributed by atoms with Crippen molar-refractivity contribution < 1.29 is 24.0 Å². The van der Waals surface area contributed by atoms with Gasteiger partial charge in [0.2, 0.25) is 5.91 Å². The number of ether oxygens (including phenoxy) is 1. The number of nitro groups is 1. The lowest BCUT2D eigenvalue weighted by Gasteiger charge is -2.12. The van der Waals surface area contributed by atoms with Crippen molar-refractivity contribution in [2.24, 2.45) is 0 Å². The Kier molecular flexibility index (Phi) is 5.77. The number of carbonyl (C=O) groups is 3. The minimum atomic E-state index is -0.768. The zero-order valence-corrected chi connectivity index (χ0v) is 16.2. The summed E-state index contributed by atoms with van der Waals surface area (Å²) >= 11 is 0. The lowest BCUT2D eigenvalue weighted by atomic mass is 10.1. The molecule has 0 aliphatic carbocycles. The van der Waals surface area contributed by atoms with Gasteiger partial charge < -0.3 is 15.4 Å². The van der Waals surface area contributed by atoms with Gasteiger partial charge in [-0.15, -0.1) is 0 Å². The molecular weight excluding hydrogens is 392 g/mol. The number of hydrogen-bond acceptors (Lipinski definition) is 6. The van der Waals surface area contributed by atoms with Crippen molar-refractivity contribution in [1.29, 1.82) is 0 Å². The van der Waals surface area contributed by atoms with Gasteiger partial charge in [0.25, 0.3) is 11.6 Å². The Hall–Kier alpha value is -4.21. The number of imide groups is 1. The number of non-ortho nitro benzene ring substituents is 1. The Morgan fingerprint density at radius 2 is 2.03 bits per heavy atom. The van der Waals surface area contributed by atoms with E-state index in [-0.39, 0.29) is 22.7 Å². The van der Waals surface area contributed by atoms with Crippen molar-refractivity contribution in [3.05, 3.63) is 69.4 Å². The summed E-state index contributed by atoms with van der Waals surface area (Å²) in [5, 5.41) is 16.0. The topological polar surface area (TPSA) is 131 Å². The molecule has 2 N–H and O–H groups in total. The summed E-state index contributed by atoms with van der Waals surface area (Å²) in [5.74, 6) is -0.989. The predicted octanol–water partition coefficient (Wildman–Crippen LogP) is 2.44. The van der Waals surface area contributed by atoms with E-state index in [9.17, 15) is 24.5 Å². The minimum Gasteiger partial charge on any atom is -0.496 e. The van der Waals surface area contributed by atoms with Crippen molar-refractivity contribution in [1.82, 2.24) is 10.2 Å². The molecule has 1 aliphatic heterocycles. The van der Waals surface area contributed by atoms with Crippen LogP contribution in [0.15, 0.2) is 48.2 Å². The summed E-state index contributed by atoms with van der Waals surface area (Å²) < 4.78 is 5.15. The number of rotatable bonds is 6. The van der Waals surface area contributed by atoms with E-state index in [0.717, 1.165) is 10.5 Å². The van der Waals surface area contributed by atoms with Crippen molar-refractivity contribution in [3.63, 3.8) is 0 Å². The largest absolute Gasteiger partial charge is 0.496 e. The number of aryl methyl sites for hydroxylation is 1. The molecule has 30 heavy (non-hydrogen) atoms. The van der Waals surface area contributed by atoms with Gasteiger partial charge in [-0.05, 0) is 36.8 Å². The lowest BCUT2D eigenvalue weighted by molar-refractivity contribution is -0.384. The second-order valence-corrected chi connectivity index (χ2v) is 6.48. The molecule has 10 nitrogen and oxygen atoms in total. The highest BCUT2D eigenvalue weighted by atomic mass is 16.6. The van der Waals surface area contributed by atoms with Crippen LogP contribution in [-0.4, -0.2) is 41.3 Å². The third-order valence-corrected chi connectivity index (χ3v) is 4.29. The Morgan fingerprint density at radius 3 is 2.70 bits per heavy atom. The minimum absolute atomic E-state index is 0.123. The number of urea groups is 1. The average Bonchev–Trinajstić information content (AvgIpc) is 2.95. The van der Waals surface area contributed by atoms with Gasteiger partial charge in [-0.2, -0.15) is 0 Å². The molecule has 0 bridgehead atoms. The first-order valence-corrected chi connectivity index (χ1v) is 8.82. The van der Waals surface area contributed by atoms with Gasteiger partial charge in [0.1, 0.15) is 18.0 Å². The van der Waals surface area contributed by atoms with E-state index in [0.29, 0.717) is 5.69 Å². The van der Waals surface area contributed by atoms with Crippen LogP contribution in [-0.2, 0) is 9.59 Å². The summed E-state index contributed by atoms with van der Waals surface area (Å²) in [6.45, 7) is 1.38. The van der Waals surface area contributed by atoms with Crippen LogP contribution in [0.2, 0.25) is 0 Å². The SMILES string of the molecule is COc1ccc([N+](=O)[O-])cc1/C=C1/NC(=O)N(CC(=O)Nc2cccc(C)c2)C1=O. The van der Waals surface area contributed by atoms with Gasteiger partial charge in [0.05, 0.1) is 12.0 Å². The molecule has 4 amide bonds. The second-order valence-electron chi connectivity index (χ2n) is 6.48. The van der Waals surface area contributed by atoms with E-state index in [1.165, 1.54) is 31.4 Å². The van der Waals surface area contributed by atoms with Crippen LogP contribution in [0.25, 0.3) is 6.08 Å². The lowest BCUT2D eigenvalue weighted by Crippen LogP contribution is -2.38. The third-order valence-electron chi connectivity index (χ3n) is 4.29. The zero-order chi connectivity index (χ0) is 21.8. The fourth-order valence-electron chi connectivity index (χ4n) is 2.89. The molecular formula is C20H18N4O6. The molecule has 154 valence electrons. The van der Waals surface area contributed by atoms with E-state index in [4.69, 9.17) is 4.74 Å². The zero-order valence-electron chi connectivity index (χ0n) is 16.2. The maximum Gasteiger partial charge on any atom is 0.329 e. The third kappa shape index (κ3) is 4.43. The van der Waals surface area contributed by atoms with E-state index in [1.807, 2.05) is 13.0 Å². The van der Waals surface area contributed by atoms with Crippen LogP contribution in [0, 0.1) is 17.0 Å². The van der Waals surface area contributed by atoms with Crippen molar-refractivity contribution in [3.8, 4) is 5.75 Å². The number of nitrogens with zero attached hydrogens (tertiary/aromatic N) is 2. The van der Waals surface area contributed by atoms with Crippen LogP contribution in [0.1, 0.15) is 11.1 Å². The molecule has 0 unspecified atom stereocenters. The number of methoxy groups -OCH3 is 1. The van der Waals surface area contributed by atoms with Crippen molar-refractivity contribution in [2.75, 3.05) is 19.0 Å². The summed E-state index contributed by atoms with van der Waals surface area (Å²) in [6.07, 6.45) is 1.27. The maximum absolute atomic E-state index is 12.6. The monoisotopic (exact) mass is 410 g/mol. The number of nitrogens with one attached hydrogen (secondary N) is 2. The fraction of sp³-hybridized carbons (Fsp3) is 0.150. The number of anilines is 1. The molecule has 1 fully saturated rings. The van der Waals surface area contributed by atoms with Crippen molar-refractivity contribution in [2.45, 2.75) is 6.92 Å².